The standard InChI is InChI=1S/C29H28Cl2N4O6/c1-39-8-9-41-26-13-18-11-20(28(37)33-22(18)14-25(26)40-2)29(38)34-23-12-17(6-7-21(23)31)27(36)35-24(15-32)16-4-3-5-19(30)10-16/h3-7,10-14,24H,8-9,15,32H2,1-2H3,(H,33,37)(H,34,38)(H,35,36). The quantitative estimate of drug-likeness (QED) is 0.185. The van der Waals surface area contributed by atoms with Crippen molar-refractivity contribution in [3.8, 4) is 11.5 Å². The van der Waals surface area contributed by atoms with E-state index < -0.39 is 23.4 Å². The first kappa shape index (κ1) is 29.9. The molecule has 0 bridgehead atoms. The van der Waals surface area contributed by atoms with Crippen LogP contribution in [0.3, 0.4) is 0 Å². The minimum Gasteiger partial charge on any atom is -0.493 e. The smallest absolute Gasteiger partial charge is 0.261 e. The normalized spacial score (nSPS) is 11.6. The topological polar surface area (TPSA) is 145 Å². The van der Waals surface area contributed by atoms with Gasteiger partial charge in [-0.3, -0.25) is 14.4 Å². The Morgan fingerprint density at radius 1 is 0.976 bits per heavy atom. The van der Waals surface area contributed by atoms with Crippen molar-refractivity contribution in [2.75, 3.05) is 39.3 Å². The van der Waals surface area contributed by atoms with Crippen molar-refractivity contribution >= 4 is 51.6 Å². The van der Waals surface area contributed by atoms with Gasteiger partial charge in [0.2, 0.25) is 0 Å². The van der Waals surface area contributed by atoms with Crippen LogP contribution in [0.5, 0.6) is 11.5 Å². The highest BCUT2D eigenvalue weighted by Gasteiger charge is 2.19. The lowest BCUT2D eigenvalue weighted by Crippen LogP contribution is -2.33. The number of fused-ring (bicyclic) bond motifs is 1. The van der Waals surface area contributed by atoms with E-state index in [0.29, 0.717) is 34.0 Å². The van der Waals surface area contributed by atoms with Crippen LogP contribution in [0.4, 0.5) is 5.69 Å². The number of aromatic nitrogens is 1. The van der Waals surface area contributed by atoms with Gasteiger partial charge in [0.1, 0.15) is 12.2 Å². The van der Waals surface area contributed by atoms with Crippen molar-refractivity contribution in [1.29, 1.82) is 0 Å². The van der Waals surface area contributed by atoms with E-state index in [4.69, 9.17) is 43.1 Å². The van der Waals surface area contributed by atoms with Gasteiger partial charge in [-0.15, -0.1) is 0 Å². The molecule has 214 valence electrons. The summed E-state index contributed by atoms with van der Waals surface area (Å²) < 4.78 is 16.1. The van der Waals surface area contributed by atoms with E-state index in [1.807, 2.05) is 6.07 Å². The summed E-state index contributed by atoms with van der Waals surface area (Å²) in [5.41, 5.74) is 6.67. The highest BCUT2D eigenvalue weighted by atomic mass is 35.5. The number of nitrogens with one attached hydrogen (secondary N) is 3. The fraction of sp³-hybridized carbons (Fsp3) is 0.207. The lowest BCUT2D eigenvalue weighted by molar-refractivity contribution is 0.0936. The SMILES string of the molecule is COCCOc1cc2cc(C(=O)Nc3cc(C(=O)NC(CN)c4cccc(Cl)c4)ccc3Cl)c(=O)[nH]c2cc1OC. The van der Waals surface area contributed by atoms with E-state index in [-0.39, 0.29) is 35.0 Å². The van der Waals surface area contributed by atoms with Gasteiger partial charge in [-0.1, -0.05) is 35.3 Å². The van der Waals surface area contributed by atoms with E-state index in [1.54, 1.807) is 37.4 Å². The van der Waals surface area contributed by atoms with E-state index >= 15 is 0 Å². The maximum atomic E-state index is 13.2. The van der Waals surface area contributed by atoms with Crippen molar-refractivity contribution in [2.45, 2.75) is 6.04 Å². The van der Waals surface area contributed by atoms with Crippen LogP contribution in [0.25, 0.3) is 10.9 Å². The van der Waals surface area contributed by atoms with Crippen molar-refractivity contribution in [2.24, 2.45) is 5.73 Å². The van der Waals surface area contributed by atoms with Gasteiger partial charge in [0.15, 0.2) is 11.5 Å². The number of aromatic amines is 1. The Balaban J connectivity index is 1.57. The average Bonchev–Trinajstić information content (AvgIpc) is 2.96. The summed E-state index contributed by atoms with van der Waals surface area (Å²) in [7, 11) is 3.04. The van der Waals surface area contributed by atoms with Gasteiger partial charge in [-0.05, 0) is 48.0 Å². The maximum absolute atomic E-state index is 13.2. The molecule has 1 unspecified atom stereocenters. The van der Waals surface area contributed by atoms with Crippen LogP contribution in [0.15, 0.2) is 65.5 Å². The molecular weight excluding hydrogens is 571 g/mol. The maximum Gasteiger partial charge on any atom is 0.261 e. The summed E-state index contributed by atoms with van der Waals surface area (Å²) in [5.74, 6) is -0.323. The molecule has 1 atom stereocenters. The van der Waals surface area contributed by atoms with Gasteiger partial charge in [-0.25, -0.2) is 0 Å². The molecule has 12 heteroatoms. The number of halogens is 2. The molecule has 0 aliphatic heterocycles. The molecule has 5 N–H and O–H groups in total. The summed E-state index contributed by atoms with van der Waals surface area (Å²) in [6, 6.07) is 15.6. The molecule has 0 aliphatic carbocycles. The van der Waals surface area contributed by atoms with Crippen molar-refractivity contribution in [3.63, 3.8) is 0 Å². The minimum absolute atomic E-state index is 0.138. The number of H-pyrrole nitrogens is 1. The first-order valence-corrected chi connectivity index (χ1v) is 13.2. The van der Waals surface area contributed by atoms with Crippen molar-refractivity contribution in [1.82, 2.24) is 10.3 Å². The monoisotopic (exact) mass is 598 g/mol. The van der Waals surface area contributed by atoms with Crippen molar-refractivity contribution < 1.29 is 23.8 Å². The van der Waals surface area contributed by atoms with Gasteiger partial charge < -0.3 is 35.6 Å². The molecule has 3 aromatic carbocycles. The Kier molecular flexibility index (Phi) is 9.85. The summed E-state index contributed by atoms with van der Waals surface area (Å²) in [4.78, 5) is 41.7. The van der Waals surface area contributed by atoms with E-state index in [1.165, 1.54) is 31.4 Å². The second-order valence-electron chi connectivity index (χ2n) is 8.91. The minimum atomic E-state index is -0.718. The molecule has 2 amide bonds. The molecule has 4 aromatic rings. The lowest BCUT2D eigenvalue weighted by Gasteiger charge is -2.18. The number of carbonyl (C=O) groups is 2. The highest BCUT2D eigenvalue weighted by molar-refractivity contribution is 6.34. The molecular formula is C29H28Cl2N4O6. The number of amides is 2. The predicted octanol–water partition coefficient (Wildman–Crippen LogP) is 4.55. The van der Waals surface area contributed by atoms with Crippen LogP contribution >= 0.6 is 23.2 Å². The zero-order chi connectivity index (χ0) is 29.5. The number of pyridine rings is 1. The zero-order valence-corrected chi connectivity index (χ0v) is 23.8. The number of benzene rings is 3. The largest absolute Gasteiger partial charge is 0.493 e. The van der Waals surface area contributed by atoms with Crippen molar-refractivity contribution in [3.05, 3.63) is 97.8 Å². The van der Waals surface area contributed by atoms with Crippen LogP contribution in [0.2, 0.25) is 10.0 Å². The first-order chi connectivity index (χ1) is 19.7. The van der Waals surface area contributed by atoms with Crippen LogP contribution in [0.1, 0.15) is 32.3 Å². The molecule has 4 rings (SSSR count). The van der Waals surface area contributed by atoms with Gasteiger partial charge in [0, 0.05) is 35.7 Å². The first-order valence-electron chi connectivity index (χ1n) is 12.5. The molecule has 0 fully saturated rings. The molecule has 1 aromatic heterocycles. The molecule has 0 radical (unpaired) electrons. The van der Waals surface area contributed by atoms with Gasteiger partial charge in [0.25, 0.3) is 17.4 Å². The number of anilines is 1. The second kappa shape index (κ2) is 13.5. The Morgan fingerprint density at radius 3 is 2.49 bits per heavy atom. The Labute approximate surface area is 245 Å². The number of hydrogen-bond donors (Lipinski definition) is 4. The number of hydrogen-bond acceptors (Lipinski definition) is 7. The summed E-state index contributed by atoms with van der Waals surface area (Å²) in [5, 5.41) is 6.72. The third kappa shape index (κ3) is 7.17. The molecule has 0 spiro atoms. The molecule has 0 saturated heterocycles. The molecule has 1 heterocycles. The van der Waals surface area contributed by atoms with Crippen LogP contribution < -0.4 is 31.4 Å². The van der Waals surface area contributed by atoms with E-state index in [9.17, 15) is 14.4 Å². The summed E-state index contributed by atoms with van der Waals surface area (Å²) in [6.07, 6.45) is 0. The number of rotatable bonds is 11. The third-order valence-electron chi connectivity index (χ3n) is 6.19. The van der Waals surface area contributed by atoms with Gasteiger partial charge in [0.05, 0.1) is 36.0 Å². The molecule has 41 heavy (non-hydrogen) atoms. The highest BCUT2D eigenvalue weighted by Crippen LogP contribution is 2.32. The van der Waals surface area contributed by atoms with E-state index in [0.717, 1.165) is 5.56 Å². The molecule has 0 aliphatic rings. The van der Waals surface area contributed by atoms with E-state index in [2.05, 4.69) is 15.6 Å². The predicted molar refractivity (Wildman–Crippen MR) is 159 cm³/mol. The lowest BCUT2D eigenvalue weighted by atomic mass is 10.1. The molecule has 10 nitrogen and oxygen atoms in total. The fourth-order valence-electron chi connectivity index (χ4n) is 4.09. The number of carbonyl (C=O) groups excluding carboxylic acids is 2. The zero-order valence-electron chi connectivity index (χ0n) is 22.3. The third-order valence-corrected chi connectivity index (χ3v) is 6.75. The summed E-state index contributed by atoms with van der Waals surface area (Å²) in [6.45, 7) is 0.785. The van der Waals surface area contributed by atoms with Gasteiger partial charge >= 0.3 is 0 Å². The molecule has 0 saturated carbocycles. The number of methoxy groups -OCH3 is 2. The number of nitrogens with two attached hydrogens (primary N) is 1. The van der Waals surface area contributed by atoms with Crippen LogP contribution in [-0.4, -0.2) is 50.8 Å². The Morgan fingerprint density at radius 2 is 1.78 bits per heavy atom. The second-order valence-corrected chi connectivity index (χ2v) is 9.75. The average molecular weight is 599 g/mol. The van der Waals surface area contributed by atoms with Crippen LogP contribution in [0, 0.1) is 0 Å². The van der Waals surface area contributed by atoms with Gasteiger partial charge in [-0.2, -0.15) is 0 Å². The Bertz CT molecular complexity index is 1640. The summed E-state index contributed by atoms with van der Waals surface area (Å²) >= 11 is 12.4. The van der Waals surface area contributed by atoms with Crippen LogP contribution in [-0.2, 0) is 4.74 Å². The Hall–Kier alpha value is -4.09. The number of ether oxygens (including phenoxy) is 3. The fourth-order valence-corrected chi connectivity index (χ4v) is 4.45.